The molecule has 0 bridgehead atoms. The number of amides is 1. The summed E-state index contributed by atoms with van der Waals surface area (Å²) in [5.74, 6) is 0.120. The van der Waals surface area contributed by atoms with Gasteiger partial charge in [-0.25, -0.2) is 0 Å². The number of rotatable bonds is 1. The van der Waals surface area contributed by atoms with Gasteiger partial charge in [-0.1, -0.05) is 6.07 Å². The number of hydrogen-bond acceptors (Lipinski definition) is 2. The van der Waals surface area contributed by atoms with E-state index >= 15 is 0 Å². The van der Waals surface area contributed by atoms with E-state index in [2.05, 4.69) is 4.98 Å². The number of H-pyrrole nitrogens is 1. The Morgan fingerprint density at radius 1 is 1.33 bits per heavy atom. The number of aromatic amines is 1. The molecule has 4 heteroatoms. The summed E-state index contributed by atoms with van der Waals surface area (Å²) in [5, 5.41) is 1.00. The third-order valence-electron chi connectivity index (χ3n) is 3.88. The monoisotopic (exact) mass is 242 g/mol. The van der Waals surface area contributed by atoms with Crippen molar-refractivity contribution in [3.63, 3.8) is 0 Å². The number of ether oxygens (including phenoxy) is 1. The molecule has 1 amide bonds. The highest BCUT2D eigenvalue weighted by Crippen LogP contribution is 2.31. The molecule has 1 N–H and O–H groups in total. The molecular weight excluding hydrogens is 228 g/mol. The zero-order chi connectivity index (χ0) is 12.1. The predicted octanol–water partition coefficient (Wildman–Crippen LogP) is 1.78. The molecule has 18 heavy (non-hydrogen) atoms. The van der Waals surface area contributed by atoms with E-state index in [4.69, 9.17) is 4.74 Å². The van der Waals surface area contributed by atoms with E-state index in [9.17, 15) is 4.79 Å². The summed E-state index contributed by atoms with van der Waals surface area (Å²) in [6.45, 7) is 1.55. The van der Waals surface area contributed by atoms with Gasteiger partial charge in [-0.15, -0.1) is 0 Å². The van der Waals surface area contributed by atoms with Crippen LogP contribution in [0.1, 0.15) is 16.8 Å². The van der Waals surface area contributed by atoms with E-state index in [0.717, 1.165) is 36.0 Å². The average Bonchev–Trinajstić information content (AvgIpc) is 3.02. The number of piperidine rings is 1. The second kappa shape index (κ2) is 3.59. The maximum Gasteiger partial charge on any atom is 0.254 e. The number of likely N-dealkylation sites (tertiary alicyclic amines) is 1. The van der Waals surface area contributed by atoms with Crippen molar-refractivity contribution < 1.29 is 9.53 Å². The van der Waals surface area contributed by atoms with Gasteiger partial charge in [-0.2, -0.15) is 0 Å². The van der Waals surface area contributed by atoms with Crippen molar-refractivity contribution in [3.8, 4) is 0 Å². The summed E-state index contributed by atoms with van der Waals surface area (Å²) in [6.07, 6.45) is 3.54. The van der Waals surface area contributed by atoms with E-state index in [0.29, 0.717) is 6.10 Å². The number of hydrogen-bond donors (Lipinski definition) is 1. The Balaban J connectivity index is 1.69. The van der Waals surface area contributed by atoms with Gasteiger partial charge in [-0.3, -0.25) is 4.79 Å². The van der Waals surface area contributed by atoms with Crippen LogP contribution in [0.3, 0.4) is 0 Å². The zero-order valence-electron chi connectivity index (χ0n) is 9.93. The second-order valence-electron chi connectivity index (χ2n) is 5.00. The summed E-state index contributed by atoms with van der Waals surface area (Å²) >= 11 is 0. The lowest BCUT2D eigenvalue weighted by Crippen LogP contribution is -2.39. The molecule has 3 heterocycles. The van der Waals surface area contributed by atoms with Gasteiger partial charge in [0.1, 0.15) is 6.10 Å². The van der Waals surface area contributed by atoms with Crippen LogP contribution in [0.25, 0.3) is 10.9 Å². The highest BCUT2D eigenvalue weighted by Gasteiger charge is 2.44. The van der Waals surface area contributed by atoms with Gasteiger partial charge in [-0.05, 0) is 24.6 Å². The Hall–Kier alpha value is -1.81. The maximum absolute atomic E-state index is 12.5. The Morgan fingerprint density at radius 3 is 3.17 bits per heavy atom. The standard InChI is InChI=1S/C14H14N2O2/c17-14(16-7-5-12-13(8-16)18-12)10-2-1-3-11-9(10)4-6-15-11/h1-4,6,12-13,15H,5,7-8H2/t12-,13+/m0/s1. The third kappa shape index (κ3) is 1.46. The van der Waals surface area contributed by atoms with Crippen LogP contribution in [0.15, 0.2) is 30.5 Å². The van der Waals surface area contributed by atoms with Gasteiger partial charge in [0.2, 0.25) is 0 Å². The smallest absolute Gasteiger partial charge is 0.254 e. The van der Waals surface area contributed by atoms with Crippen LogP contribution in [0.5, 0.6) is 0 Å². The van der Waals surface area contributed by atoms with E-state index in [1.54, 1.807) is 0 Å². The lowest BCUT2D eigenvalue weighted by atomic mass is 10.1. The van der Waals surface area contributed by atoms with Crippen LogP contribution in [0.2, 0.25) is 0 Å². The molecule has 2 aliphatic heterocycles. The quantitative estimate of drug-likeness (QED) is 0.775. The molecule has 2 atom stereocenters. The molecule has 2 fully saturated rings. The SMILES string of the molecule is O=C(c1cccc2[nH]ccc12)N1CC[C@@H]2O[C@@H]2C1. The van der Waals surface area contributed by atoms with Crippen molar-refractivity contribution in [2.45, 2.75) is 18.6 Å². The molecule has 2 saturated heterocycles. The van der Waals surface area contributed by atoms with E-state index < -0.39 is 0 Å². The summed E-state index contributed by atoms with van der Waals surface area (Å²) in [6, 6.07) is 7.77. The number of carbonyl (C=O) groups excluding carboxylic acids is 1. The van der Waals surface area contributed by atoms with Crippen molar-refractivity contribution in [2.24, 2.45) is 0 Å². The molecule has 92 valence electrons. The summed E-state index contributed by atoms with van der Waals surface area (Å²) < 4.78 is 5.47. The van der Waals surface area contributed by atoms with E-state index in [1.165, 1.54) is 0 Å². The Labute approximate surface area is 105 Å². The van der Waals surface area contributed by atoms with Gasteiger partial charge >= 0.3 is 0 Å². The Kier molecular flexibility index (Phi) is 2.02. The van der Waals surface area contributed by atoms with Gasteiger partial charge in [0.15, 0.2) is 0 Å². The third-order valence-corrected chi connectivity index (χ3v) is 3.88. The molecule has 0 unspecified atom stereocenters. The predicted molar refractivity (Wildman–Crippen MR) is 67.5 cm³/mol. The molecule has 1 aromatic carbocycles. The average molecular weight is 242 g/mol. The molecule has 0 spiro atoms. The van der Waals surface area contributed by atoms with Crippen LogP contribution < -0.4 is 0 Å². The highest BCUT2D eigenvalue weighted by molar-refractivity contribution is 6.06. The molecule has 0 saturated carbocycles. The number of nitrogens with one attached hydrogen (secondary N) is 1. The maximum atomic E-state index is 12.5. The van der Waals surface area contributed by atoms with Crippen LogP contribution in [-0.4, -0.2) is 41.1 Å². The molecule has 1 aromatic heterocycles. The summed E-state index contributed by atoms with van der Waals surface area (Å²) in [7, 11) is 0. The summed E-state index contributed by atoms with van der Waals surface area (Å²) in [5.41, 5.74) is 1.80. The molecule has 4 nitrogen and oxygen atoms in total. The molecule has 0 radical (unpaired) electrons. The molecular formula is C14H14N2O2. The van der Waals surface area contributed by atoms with Gasteiger partial charge in [0.25, 0.3) is 5.91 Å². The first-order valence-electron chi connectivity index (χ1n) is 6.34. The van der Waals surface area contributed by atoms with E-state index in [-0.39, 0.29) is 12.0 Å². The Morgan fingerprint density at radius 2 is 2.28 bits per heavy atom. The van der Waals surface area contributed by atoms with Crippen LogP contribution >= 0.6 is 0 Å². The first-order chi connectivity index (χ1) is 8.83. The number of carbonyl (C=O) groups is 1. The Bertz CT molecular complexity index is 619. The molecule has 0 aliphatic carbocycles. The lowest BCUT2D eigenvalue weighted by Gasteiger charge is -2.24. The fourth-order valence-electron chi connectivity index (χ4n) is 2.81. The van der Waals surface area contributed by atoms with Crippen molar-refractivity contribution >= 4 is 16.8 Å². The topological polar surface area (TPSA) is 48.6 Å². The van der Waals surface area contributed by atoms with Crippen LogP contribution in [-0.2, 0) is 4.74 Å². The molecule has 2 aromatic rings. The minimum atomic E-state index is 0.120. The minimum Gasteiger partial charge on any atom is -0.368 e. The summed E-state index contributed by atoms with van der Waals surface area (Å²) in [4.78, 5) is 17.6. The van der Waals surface area contributed by atoms with E-state index in [1.807, 2.05) is 35.4 Å². The number of fused-ring (bicyclic) bond motifs is 2. The van der Waals surface area contributed by atoms with Crippen molar-refractivity contribution in [1.29, 1.82) is 0 Å². The second-order valence-corrected chi connectivity index (χ2v) is 5.00. The van der Waals surface area contributed by atoms with Crippen molar-refractivity contribution in [3.05, 3.63) is 36.0 Å². The largest absolute Gasteiger partial charge is 0.368 e. The minimum absolute atomic E-state index is 0.120. The lowest BCUT2D eigenvalue weighted by molar-refractivity contribution is 0.0738. The van der Waals surface area contributed by atoms with Crippen LogP contribution in [0.4, 0.5) is 0 Å². The van der Waals surface area contributed by atoms with Crippen molar-refractivity contribution in [1.82, 2.24) is 9.88 Å². The normalized spacial score (nSPS) is 26.1. The molecule has 4 rings (SSSR count). The van der Waals surface area contributed by atoms with Gasteiger partial charge in [0.05, 0.1) is 6.10 Å². The first kappa shape index (κ1) is 10.1. The fourth-order valence-corrected chi connectivity index (χ4v) is 2.81. The first-order valence-corrected chi connectivity index (χ1v) is 6.34. The van der Waals surface area contributed by atoms with Gasteiger partial charge < -0.3 is 14.6 Å². The number of aromatic nitrogens is 1. The van der Waals surface area contributed by atoms with Crippen LogP contribution in [0, 0.1) is 0 Å². The molecule has 2 aliphatic rings. The zero-order valence-corrected chi connectivity index (χ0v) is 9.93. The highest BCUT2D eigenvalue weighted by atomic mass is 16.6. The number of benzene rings is 1. The number of epoxide rings is 1. The fraction of sp³-hybridized carbons (Fsp3) is 0.357. The number of nitrogens with zero attached hydrogens (tertiary/aromatic N) is 1. The van der Waals surface area contributed by atoms with Crippen molar-refractivity contribution in [2.75, 3.05) is 13.1 Å². The van der Waals surface area contributed by atoms with Gasteiger partial charge in [0, 0.05) is 35.8 Å².